The van der Waals surface area contributed by atoms with E-state index in [9.17, 15) is 4.79 Å². The van der Waals surface area contributed by atoms with Crippen LogP contribution in [0, 0.1) is 0 Å². The number of hydrogen-bond donors (Lipinski definition) is 0. The number of unbranched alkanes of at least 4 members (excludes halogenated alkanes) is 1. The second kappa shape index (κ2) is 7.96. The summed E-state index contributed by atoms with van der Waals surface area (Å²) in [7, 11) is 0. The molecule has 0 bridgehead atoms. The molecule has 0 aromatic heterocycles. The minimum atomic E-state index is 0.303. The van der Waals surface area contributed by atoms with Crippen LogP contribution in [0.25, 0.3) is 0 Å². The van der Waals surface area contributed by atoms with Crippen LogP contribution in [0.15, 0.2) is 4.99 Å². The van der Waals surface area contributed by atoms with E-state index in [4.69, 9.17) is 0 Å². The largest absolute Gasteiger partial charge is 0.299 e. The summed E-state index contributed by atoms with van der Waals surface area (Å²) in [5.41, 5.74) is 1.07. The molecule has 0 atom stereocenters. The Hall–Kier alpha value is -0.660. The lowest BCUT2D eigenvalue weighted by Gasteiger charge is -2.01. The zero-order chi connectivity index (χ0) is 10.1. The predicted octanol–water partition coefficient (Wildman–Crippen LogP) is 3.01. The smallest absolute Gasteiger partial charge is 0.138 e. The lowest BCUT2D eigenvalue weighted by atomic mass is 10.1. The maximum absolute atomic E-state index is 11.1. The normalized spacial score (nSPS) is 11.8. The second-order valence-corrected chi connectivity index (χ2v) is 3.22. The van der Waals surface area contributed by atoms with Gasteiger partial charge in [0.2, 0.25) is 0 Å². The fourth-order valence-corrected chi connectivity index (χ4v) is 1.04. The number of nitrogens with zero attached hydrogens (tertiary/aromatic N) is 1. The predicted molar refractivity (Wildman–Crippen MR) is 57.4 cm³/mol. The second-order valence-electron chi connectivity index (χ2n) is 3.22. The molecule has 2 heteroatoms. The SMILES string of the molecule is CCCCN=C(CC)CC(=O)CC. The molecule has 0 aliphatic heterocycles. The third-order valence-corrected chi connectivity index (χ3v) is 2.05. The summed E-state index contributed by atoms with van der Waals surface area (Å²) < 4.78 is 0. The van der Waals surface area contributed by atoms with Crippen LogP contribution < -0.4 is 0 Å². The van der Waals surface area contributed by atoms with Crippen molar-refractivity contribution in [3.05, 3.63) is 0 Å². The van der Waals surface area contributed by atoms with Gasteiger partial charge in [0.05, 0.1) is 0 Å². The molecule has 2 nitrogen and oxygen atoms in total. The minimum Gasteiger partial charge on any atom is -0.299 e. The summed E-state index contributed by atoms with van der Waals surface area (Å²) in [5.74, 6) is 0.303. The molecule has 13 heavy (non-hydrogen) atoms. The topological polar surface area (TPSA) is 29.4 Å². The molecule has 0 radical (unpaired) electrons. The molecule has 76 valence electrons. The molecule has 0 rings (SSSR count). The maximum Gasteiger partial charge on any atom is 0.138 e. The summed E-state index contributed by atoms with van der Waals surface area (Å²) in [5, 5.41) is 0. The molecule has 0 amide bonds. The van der Waals surface area contributed by atoms with E-state index in [-0.39, 0.29) is 0 Å². The summed E-state index contributed by atoms with van der Waals surface area (Å²) >= 11 is 0. The molecule has 0 aromatic carbocycles. The van der Waals surface area contributed by atoms with Gasteiger partial charge >= 0.3 is 0 Å². The van der Waals surface area contributed by atoms with Crippen molar-refractivity contribution in [3.8, 4) is 0 Å². The monoisotopic (exact) mass is 183 g/mol. The highest BCUT2D eigenvalue weighted by Gasteiger charge is 2.02. The zero-order valence-corrected chi connectivity index (χ0v) is 9.10. The number of rotatable bonds is 7. The molecule has 0 fully saturated rings. The van der Waals surface area contributed by atoms with Crippen LogP contribution in [0.5, 0.6) is 0 Å². The van der Waals surface area contributed by atoms with Gasteiger partial charge in [0, 0.05) is 25.1 Å². The van der Waals surface area contributed by atoms with Crippen LogP contribution in [0.4, 0.5) is 0 Å². The standard InChI is InChI=1S/C11H21NO/c1-4-7-8-12-10(5-2)9-11(13)6-3/h4-9H2,1-3H3. The van der Waals surface area contributed by atoms with Gasteiger partial charge in [-0.2, -0.15) is 0 Å². The van der Waals surface area contributed by atoms with Crippen LogP contribution in [-0.4, -0.2) is 18.0 Å². The van der Waals surface area contributed by atoms with Crippen LogP contribution in [0.1, 0.15) is 52.9 Å². The Morgan fingerprint density at radius 2 is 1.85 bits per heavy atom. The molecule has 0 saturated carbocycles. The first-order valence-electron chi connectivity index (χ1n) is 5.28. The van der Waals surface area contributed by atoms with Crippen molar-refractivity contribution in [3.63, 3.8) is 0 Å². The quantitative estimate of drug-likeness (QED) is 0.440. The molecule has 0 saturated heterocycles. The Morgan fingerprint density at radius 1 is 1.15 bits per heavy atom. The van der Waals surface area contributed by atoms with Crippen molar-refractivity contribution in [2.75, 3.05) is 6.54 Å². The van der Waals surface area contributed by atoms with Gasteiger partial charge in [-0.3, -0.25) is 9.79 Å². The molecule has 0 aliphatic rings. The van der Waals surface area contributed by atoms with E-state index < -0.39 is 0 Å². The Bertz CT molecular complexity index is 173. The highest BCUT2D eigenvalue weighted by Crippen LogP contribution is 1.99. The van der Waals surface area contributed by atoms with Gasteiger partial charge in [0.25, 0.3) is 0 Å². The van der Waals surface area contributed by atoms with Crippen molar-refractivity contribution in [1.82, 2.24) is 0 Å². The molecular weight excluding hydrogens is 162 g/mol. The first-order valence-corrected chi connectivity index (χ1v) is 5.28. The zero-order valence-electron chi connectivity index (χ0n) is 9.10. The fraction of sp³-hybridized carbons (Fsp3) is 0.818. The Labute approximate surface area is 81.4 Å². The number of carbonyl (C=O) groups excluding carboxylic acids is 1. The van der Waals surface area contributed by atoms with Crippen molar-refractivity contribution >= 4 is 11.5 Å². The first kappa shape index (κ1) is 12.3. The highest BCUT2D eigenvalue weighted by atomic mass is 16.1. The number of hydrogen-bond acceptors (Lipinski definition) is 2. The summed E-state index contributed by atoms with van der Waals surface area (Å²) in [6.45, 7) is 7.00. The average molecular weight is 183 g/mol. The van der Waals surface area contributed by atoms with E-state index in [0.717, 1.165) is 25.1 Å². The van der Waals surface area contributed by atoms with Crippen molar-refractivity contribution in [2.45, 2.75) is 52.9 Å². The fourth-order valence-electron chi connectivity index (χ4n) is 1.04. The maximum atomic E-state index is 11.1. The summed E-state index contributed by atoms with van der Waals surface area (Å²) in [4.78, 5) is 15.5. The van der Waals surface area contributed by atoms with E-state index >= 15 is 0 Å². The third-order valence-electron chi connectivity index (χ3n) is 2.05. The van der Waals surface area contributed by atoms with Gasteiger partial charge in [0.1, 0.15) is 5.78 Å². The van der Waals surface area contributed by atoms with Crippen LogP contribution in [-0.2, 0) is 4.79 Å². The number of carbonyl (C=O) groups is 1. The minimum absolute atomic E-state index is 0.303. The molecular formula is C11H21NO. The van der Waals surface area contributed by atoms with Crippen molar-refractivity contribution < 1.29 is 4.79 Å². The Kier molecular flexibility index (Phi) is 7.56. The Morgan fingerprint density at radius 3 is 2.31 bits per heavy atom. The molecule has 0 N–H and O–H groups in total. The third kappa shape index (κ3) is 6.50. The van der Waals surface area contributed by atoms with E-state index in [0.29, 0.717) is 18.6 Å². The van der Waals surface area contributed by atoms with Crippen molar-refractivity contribution in [2.24, 2.45) is 4.99 Å². The van der Waals surface area contributed by atoms with Gasteiger partial charge < -0.3 is 0 Å². The van der Waals surface area contributed by atoms with E-state index in [1.54, 1.807) is 0 Å². The van der Waals surface area contributed by atoms with Gasteiger partial charge in [-0.15, -0.1) is 0 Å². The van der Waals surface area contributed by atoms with E-state index in [1.807, 2.05) is 6.92 Å². The van der Waals surface area contributed by atoms with Crippen LogP contribution in [0.3, 0.4) is 0 Å². The Balaban J connectivity index is 3.86. The van der Waals surface area contributed by atoms with Gasteiger partial charge in [-0.25, -0.2) is 0 Å². The highest BCUT2D eigenvalue weighted by molar-refractivity contribution is 6.01. The van der Waals surface area contributed by atoms with Crippen molar-refractivity contribution in [1.29, 1.82) is 0 Å². The summed E-state index contributed by atoms with van der Waals surface area (Å²) in [6.07, 6.45) is 4.41. The van der Waals surface area contributed by atoms with Gasteiger partial charge in [-0.1, -0.05) is 27.2 Å². The van der Waals surface area contributed by atoms with Crippen LogP contribution in [0.2, 0.25) is 0 Å². The number of aliphatic imine (C=N–C) groups is 1. The molecule has 0 aromatic rings. The average Bonchev–Trinajstić information content (AvgIpc) is 2.16. The molecule has 0 aliphatic carbocycles. The van der Waals surface area contributed by atoms with E-state index in [2.05, 4.69) is 18.8 Å². The van der Waals surface area contributed by atoms with Gasteiger partial charge in [-0.05, 0) is 12.8 Å². The summed E-state index contributed by atoms with van der Waals surface area (Å²) in [6, 6.07) is 0. The lowest BCUT2D eigenvalue weighted by Crippen LogP contribution is -2.06. The lowest BCUT2D eigenvalue weighted by molar-refractivity contribution is -0.117. The molecule has 0 spiro atoms. The molecule has 0 unspecified atom stereocenters. The number of Topliss-reactive ketones (excluding diaryl/α,β-unsaturated/α-hetero) is 1. The first-order chi connectivity index (χ1) is 6.24. The van der Waals surface area contributed by atoms with E-state index in [1.165, 1.54) is 6.42 Å². The van der Waals surface area contributed by atoms with Crippen LogP contribution >= 0.6 is 0 Å². The number of ketones is 1. The van der Waals surface area contributed by atoms with Gasteiger partial charge in [0.15, 0.2) is 0 Å². The molecule has 0 heterocycles.